The van der Waals surface area contributed by atoms with Crippen molar-refractivity contribution in [2.45, 2.75) is 38.9 Å². The summed E-state index contributed by atoms with van der Waals surface area (Å²) in [6.07, 6.45) is 0. The van der Waals surface area contributed by atoms with Crippen LogP contribution in [0.1, 0.15) is 25.0 Å². The lowest BCUT2D eigenvalue weighted by molar-refractivity contribution is -0.127. The Morgan fingerprint density at radius 1 is 1.32 bits per heavy atom. The van der Waals surface area contributed by atoms with Gasteiger partial charge in [0.1, 0.15) is 6.04 Å². The molecular weight excluding hydrogens is 340 g/mol. The Kier molecular flexibility index (Phi) is 6.51. The lowest BCUT2D eigenvalue weighted by Crippen LogP contribution is -2.45. The fourth-order valence-corrected chi connectivity index (χ4v) is 2.89. The third-order valence-corrected chi connectivity index (χ3v) is 4.62. The molecule has 1 aromatic carbocycles. The van der Waals surface area contributed by atoms with Crippen molar-refractivity contribution in [1.82, 2.24) is 30.8 Å². The summed E-state index contributed by atoms with van der Waals surface area (Å²) in [6, 6.07) is 5.31. The van der Waals surface area contributed by atoms with Crippen LogP contribution in [0.2, 0.25) is 0 Å². The SMILES string of the molecule is CCNC(=O)[C@@H](C)NC(=O)CSc1nnnn1-c1cccc(C)c1C. The summed E-state index contributed by atoms with van der Waals surface area (Å²) in [5.74, 6) is -0.338. The average Bonchev–Trinajstić information content (AvgIpc) is 3.04. The van der Waals surface area contributed by atoms with Gasteiger partial charge in [-0.1, -0.05) is 23.9 Å². The van der Waals surface area contributed by atoms with Gasteiger partial charge in [0.15, 0.2) is 0 Å². The van der Waals surface area contributed by atoms with Gasteiger partial charge in [-0.3, -0.25) is 9.59 Å². The molecule has 134 valence electrons. The van der Waals surface area contributed by atoms with Gasteiger partial charge in [0, 0.05) is 6.54 Å². The van der Waals surface area contributed by atoms with Crippen molar-refractivity contribution >= 4 is 23.6 Å². The number of hydrogen-bond donors (Lipinski definition) is 2. The number of carbonyl (C=O) groups excluding carboxylic acids is 2. The quantitative estimate of drug-likeness (QED) is 0.713. The van der Waals surface area contributed by atoms with E-state index in [2.05, 4.69) is 26.2 Å². The topological polar surface area (TPSA) is 102 Å². The molecule has 0 fully saturated rings. The minimum absolute atomic E-state index is 0.120. The first-order chi connectivity index (χ1) is 11.9. The second-order valence-electron chi connectivity index (χ2n) is 5.56. The van der Waals surface area contributed by atoms with Gasteiger partial charge in [-0.15, -0.1) is 5.10 Å². The Hall–Kier alpha value is -2.42. The minimum atomic E-state index is -0.580. The van der Waals surface area contributed by atoms with Gasteiger partial charge in [0.2, 0.25) is 17.0 Å². The second kappa shape index (κ2) is 8.61. The van der Waals surface area contributed by atoms with Crippen LogP contribution in [0, 0.1) is 13.8 Å². The maximum atomic E-state index is 12.0. The number of benzene rings is 1. The standard InChI is InChI=1S/C16H22N6O2S/c1-5-17-15(24)12(4)18-14(23)9-25-16-19-20-21-22(16)13-8-6-7-10(2)11(13)3/h6-8,12H,5,9H2,1-4H3,(H,17,24)(H,18,23)/t12-/m1/s1. The predicted octanol–water partition coefficient (Wildman–Crippen LogP) is 1.01. The summed E-state index contributed by atoms with van der Waals surface area (Å²) in [6.45, 7) is 8.02. The summed E-state index contributed by atoms with van der Waals surface area (Å²) < 4.78 is 1.62. The van der Waals surface area contributed by atoms with Gasteiger partial charge < -0.3 is 10.6 Å². The van der Waals surface area contributed by atoms with Gasteiger partial charge >= 0.3 is 0 Å². The first kappa shape index (κ1) is 18.9. The second-order valence-corrected chi connectivity index (χ2v) is 6.51. The summed E-state index contributed by atoms with van der Waals surface area (Å²) in [4.78, 5) is 23.7. The van der Waals surface area contributed by atoms with Crippen molar-refractivity contribution in [3.63, 3.8) is 0 Å². The Morgan fingerprint density at radius 3 is 2.80 bits per heavy atom. The molecule has 0 bridgehead atoms. The number of rotatable bonds is 7. The zero-order valence-electron chi connectivity index (χ0n) is 14.7. The number of amides is 2. The number of hydrogen-bond acceptors (Lipinski definition) is 6. The lowest BCUT2D eigenvalue weighted by atomic mass is 10.1. The molecule has 8 nitrogen and oxygen atoms in total. The van der Waals surface area contributed by atoms with E-state index in [4.69, 9.17) is 0 Å². The highest BCUT2D eigenvalue weighted by Crippen LogP contribution is 2.22. The van der Waals surface area contributed by atoms with Crippen LogP contribution in [-0.2, 0) is 9.59 Å². The van der Waals surface area contributed by atoms with Crippen molar-refractivity contribution in [2.24, 2.45) is 0 Å². The predicted molar refractivity (Wildman–Crippen MR) is 95.6 cm³/mol. The van der Waals surface area contributed by atoms with E-state index in [1.807, 2.05) is 39.0 Å². The van der Waals surface area contributed by atoms with Crippen LogP contribution >= 0.6 is 11.8 Å². The number of aryl methyl sites for hydroxylation is 1. The number of carbonyl (C=O) groups is 2. The van der Waals surface area contributed by atoms with E-state index in [0.29, 0.717) is 11.7 Å². The van der Waals surface area contributed by atoms with Crippen LogP contribution in [-0.4, -0.2) is 50.4 Å². The number of likely N-dealkylation sites (N-methyl/N-ethyl adjacent to an activating group) is 1. The third kappa shape index (κ3) is 4.79. The van der Waals surface area contributed by atoms with Crippen molar-refractivity contribution in [2.75, 3.05) is 12.3 Å². The highest BCUT2D eigenvalue weighted by atomic mass is 32.2. The molecule has 1 aromatic heterocycles. The summed E-state index contributed by atoms with van der Waals surface area (Å²) in [5.41, 5.74) is 3.09. The summed E-state index contributed by atoms with van der Waals surface area (Å²) in [5, 5.41) is 17.6. The molecule has 0 aliphatic rings. The maximum absolute atomic E-state index is 12.0. The van der Waals surface area contributed by atoms with E-state index >= 15 is 0 Å². The number of nitrogens with one attached hydrogen (secondary N) is 2. The van der Waals surface area contributed by atoms with Crippen molar-refractivity contribution in [1.29, 1.82) is 0 Å². The maximum Gasteiger partial charge on any atom is 0.242 e. The van der Waals surface area contributed by atoms with E-state index in [-0.39, 0.29) is 17.6 Å². The van der Waals surface area contributed by atoms with Crippen molar-refractivity contribution < 1.29 is 9.59 Å². The van der Waals surface area contributed by atoms with E-state index in [1.165, 1.54) is 11.8 Å². The molecule has 1 atom stereocenters. The third-order valence-electron chi connectivity index (χ3n) is 3.70. The smallest absolute Gasteiger partial charge is 0.242 e. The first-order valence-electron chi connectivity index (χ1n) is 7.98. The molecule has 0 aliphatic carbocycles. The molecule has 25 heavy (non-hydrogen) atoms. The molecule has 2 rings (SSSR count). The fourth-order valence-electron chi connectivity index (χ4n) is 2.19. The Labute approximate surface area is 150 Å². The van der Waals surface area contributed by atoms with Gasteiger partial charge in [-0.2, -0.15) is 4.68 Å². The highest BCUT2D eigenvalue weighted by Gasteiger charge is 2.17. The minimum Gasteiger partial charge on any atom is -0.355 e. The molecule has 0 unspecified atom stereocenters. The van der Waals surface area contributed by atoms with Crippen LogP contribution in [0.5, 0.6) is 0 Å². The molecule has 2 amide bonds. The average molecular weight is 362 g/mol. The molecule has 2 N–H and O–H groups in total. The molecule has 0 saturated carbocycles. The monoisotopic (exact) mass is 362 g/mol. The number of thioether (sulfide) groups is 1. The fraction of sp³-hybridized carbons (Fsp3) is 0.438. The van der Waals surface area contributed by atoms with E-state index in [1.54, 1.807) is 11.6 Å². The number of aromatic nitrogens is 4. The lowest BCUT2D eigenvalue weighted by Gasteiger charge is -2.13. The van der Waals surface area contributed by atoms with E-state index in [0.717, 1.165) is 16.8 Å². The van der Waals surface area contributed by atoms with Crippen molar-refractivity contribution in [3.8, 4) is 5.69 Å². The summed E-state index contributed by atoms with van der Waals surface area (Å²) >= 11 is 1.22. The molecule has 1 heterocycles. The molecule has 9 heteroatoms. The van der Waals surface area contributed by atoms with Crippen LogP contribution < -0.4 is 10.6 Å². The highest BCUT2D eigenvalue weighted by molar-refractivity contribution is 7.99. The summed E-state index contributed by atoms with van der Waals surface area (Å²) in [7, 11) is 0. The molecule has 0 aliphatic heterocycles. The van der Waals surface area contributed by atoms with Gasteiger partial charge in [0.25, 0.3) is 0 Å². The molecule has 0 spiro atoms. The van der Waals surface area contributed by atoms with Gasteiger partial charge in [-0.05, 0) is 55.3 Å². The Bertz CT molecular complexity index is 761. The van der Waals surface area contributed by atoms with E-state index < -0.39 is 6.04 Å². The van der Waals surface area contributed by atoms with Crippen LogP contribution in [0.25, 0.3) is 5.69 Å². The van der Waals surface area contributed by atoms with Crippen LogP contribution in [0.3, 0.4) is 0 Å². The molecule has 0 radical (unpaired) electrons. The Morgan fingerprint density at radius 2 is 2.08 bits per heavy atom. The van der Waals surface area contributed by atoms with Crippen LogP contribution in [0.15, 0.2) is 23.4 Å². The van der Waals surface area contributed by atoms with Gasteiger partial charge in [-0.25, -0.2) is 0 Å². The molecule has 0 saturated heterocycles. The number of tetrazole rings is 1. The zero-order valence-corrected chi connectivity index (χ0v) is 15.6. The largest absolute Gasteiger partial charge is 0.355 e. The molecule has 2 aromatic rings. The molecular formula is C16H22N6O2S. The normalized spacial score (nSPS) is 11.8. The number of nitrogens with zero attached hydrogens (tertiary/aromatic N) is 4. The van der Waals surface area contributed by atoms with Crippen molar-refractivity contribution in [3.05, 3.63) is 29.3 Å². The zero-order chi connectivity index (χ0) is 18.4. The van der Waals surface area contributed by atoms with Gasteiger partial charge in [0.05, 0.1) is 11.4 Å². The van der Waals surface area contributed by atoms with E-state index in [9.17, 15) is 9.59 Å². The van der Waals surface area contributed by atoms with Crippen LogP contribution in [0.4, 0.5) is 0 Å². The Balaban J connectivity index is 2.01. The first-order valence-corrected chi connectivity index (χ1v) is 8.97.